The summed E-state index contributed by atoms with van der Waals surface area (Å²) in [5.41, 5.74) is 1.69. The van der Waals surface area contributed by atoms with Gasteiger partial charge in [0.1, 0.15) is 11.3 Å². The molecule has 0 fully saturated rings. The van der Waals surface area contributed by atoms with Crippen LogP contribution in [0.15, 0.2) is 47.4 Å². The molecule has 214 valence electrons. The number of aromatic nitrogens is 1. The fourth-order valence-corrected chi connectivity index (χ4v) is 3.74. The largest absolute Gasteiger partial charge is 0.513 e. The van der Waals surface area contributed by atoms with E-state index in [9.17, 15) is 14.4 Å². The Morgan fingerprint density at radius 2 is 1.46 bits per heavy atom. The SMILES string of the molecule is CC.CCC.CCOC(=O)Oc1cc(NC(=O)c2c[nH]c3ccccc3c2=O)c(C(C)(C)C)cc1C(C)(C)C. The van der Waals surface area contributed by atoms with Crippen molar-refractivity contribution in [2.24, 2.45) is 0 Å². The van der Waals surface area contributed by atoms with Crippen molar-refractivity contribution in [2.75, 3.05) is 11.9 Å². The van der Waals surface area contributed by atoms with Crippen molar-refractivity contribution in [1.29, 1.82) is 0 Å². The Labute approximate surface area is 233 Å². The number of hydrogen-bond donors (Lipinski definition) is 2. The van der Waals surface area contributed by atoms with Crippen LogP contribution in [0.1, 0.15) is 104 Å². The zero-order valence-corrected chi connectivity index (χ0v) is 25.5. The number of aromatic amines is 1. The summed E-state index contributed by atoms with van der Waals surface area (Å²) in [7, 11) is 0. The van der Waals surface area contributed by atoms with Crippen molar-refractivity contribution in [2.45, 2.75) is 93.4 Å². The van der Waals surface area contributed by atoms with Crippen molar-refractivity contribution in [3.8, 4) is 5.75 Å². The van der Waals surface area contributed by atoms with Crippen LogP contribution >= 0.6 is 0 Å². The first-order chi connectivity index (χ1) is 18.2. The third kappa shape index (κ3) is 8.98. The number of carbonyl (C=O) groups excluding carboxylic acids is 2. The third-order valence-electron chi connectivity index (χ3n) is 5.47. The Hall–Kier alpha value is -3.61. The molecular weight excluding hydrogens is 492 g/mol. The van der Waals surface area contributed by atoms with Crippen LogP contribution in [-0.2, 0) is 15.6 Å². The van der Waals surface area contributed by atoms with Gasteiger partial charge in [-0.3, -0.25) is 9.59 Å². The Morgan fingerprint density at radius 3 is 2.00 bits per heavy atom. The Kier molecular flexibility index (Phi) is 12.4. The standard InChI is InChI=1S/C27H32N2O5.C3H8.C2H6/c1-8-33-25(32)34-22-14-21(18(26(2,3)4)13-19(22)27(5,6)7)29-24(31)17-15-28-20-12-10-9-11-16(20)23(17)30;1-3-2;1-2/h9-15H,8H2,1-7H3,(H,28,30)(H,29,31);3H2,1-2H3;1-2H3. The van der Waals surface area contributed by atoms with E-state index in [2.05, 4.69) is 24.1 Å². The highest BCUT2D eigenvalue weighted by Gasteiger charge is 2.28. The number of fused-ring (bicyclic) bond motifs is 1. The number of rotatable bonds is 4. The molecule has 2 N–H and O–H groups in total. The number of pyridine rings is 1. The van der Waals surface area contributed by atoms with Gasteiger partial charge in [0.25, 0.3) is 5.91 Å². The lowest BCUT2D eigenvalue weighted by atomic mass is 9.79. The van der Waals surface area contributed by atoms with Gasteiger partial charge < -0.3 is 19.8 Å². The molecule has 3 aromatic rings. The van der Waals surface area contributed by atoms with Gasteiger partial charge in [0.15, 0.2) is 0 Å². The van der Waals surface area contributed by atoms with Crippen LogP contribution in [0.3, 0.4) is 0 Å². The van der Waals surface area contributed by atoms with Gasteiger partial charge in [-0.1, -0.05) is 87.8 Å². The number of benzene rings is 2. The molecule has 0 saturated carbocycles. The summed E-state index contributed by atoms with van der Waals surface area (Å²) in [4.78, 5) is 41.3. The molecule has 1 aromatic heterocycles. The minimum atomic E-state index is -0.820. The quantitative estimate of drug-likeness (QED) is 0.257. The second kappa shape index (κ2) is 14.5. The second-order valence-electron chi connectivity index (χ2n) is 10.9. The summed E-state index contributed by atoms with van der Waals surface area (Å²) in [6.07, 6.45) is 1.84. The van der Waals surface area contributed by atoms with Crippen LogP contribution < -0.4 is 15.5 Å². The molecule has 0 unspecified atom stereocenters. The fourth-order valence-electron chi connectivity index (χ4n) is 3.74. The van der Waals surface area contributed by atoms with E-state index in [1.54, 1.807) is 31.2 Å². The lowest BCUT2D eigenvalue weighted by Gasteiger charge is -2.29. The smallest absolute Gasteiger partial charge is 0.434 e. The number of hydrogen-bond acceptors (Lipinski definition) is 5. The molecule has 0 aliphatic heterocycles. The van der Waals surface area contributed by atoms with Gasteiger partial charge in [0.05, 0.1) is 6.61 Å². The lowest BCUT2D eigenvalue weighted by molar-refractivity contribution is 0.102. The molecule has 0 aliphatic rings. The van der Waals surface area contributed by atoms with Crippen molar-refractivity contribution >= 4 is 28.7 Å². The average Bonchev–Trinajstić information content (AvgIpc) is 2.85. The van der Waals surface area contributed by atoms with Gasteiger partial charge >= 0.3 is 6.16 Å². The predicted octanol–water partition coefficient (Wildman–Crippen LogP) is 8.35. The average molecular weight is 539 g/mol. The first-order valence-corrected chi connectivity index (χ1v) is 13.7. The molecule has 1 amide bonds. The molecule has 0 saturated heterocycles. The molecule has 0 bridgehead atoms. The Morgan fingerprint density at radius 1 is 0.897 bits per heavy atom. The van der Waals surface area contributed by atoms with E-state index in [1.807, 2.05) is 67.5 Å². The van der Waals surface area contributed by atoms with Crippen LogP contribution in [0.2, 0.25) is 0 Å². The third-order valence-corrected chi connectivity index (χ3v) is 5.47. The number of nitrogens with one attached hydrogen (secondary N) is 2. The van der Waals surface area contributed by atoms with Gasteiger partial charge in [-0.15, -0.1) is 0 Å². The van der Waals surface area contributed by atoms with E-state index in [-0.39, 0.29) is 28.4 Å². The minimum absolute atomic E-state index is 0.00804. The van der Waals surface area contributed by atoms with Gasteiger partial charge in [-0.2, -0.15) is 0 Å². The highest BCUT2D eigenvalue weighted by molar-refractivity contribution is 6.06. The zero-order valence-electron chi connectivity index (χ0n) is 25.5. The number of anilines is 1. The van der Waals surface area contributed by atoms with Gasteiger partial charge in [-0.25, -0.2) is 4.79 Å². The first kappa shape index (κ1) is 33.4. The molecule has 0 atom stereocenters. The van der Waals surface area contributed by atoms with E-state index >= 15 is 0 Å². The van der Waals surface area contributed by atoms with E-state index in [0.29, 0.717) is 22.3 Å². The van der Waals surface area contributed by atoms with Crippen LogP contribution in [0, 0.1) is 0 Å². The zero-order chi connectivity index (χ0) is 30.0. The van der Waals surface area contributed by atoms with Gasteiger partial charge in [-0.05, 0) is 41.5 Å². The van der Waals surface area contributed by atoms with Gasteiger partial charge in [0, 0.05) is 34.4 Å². The topological polar surface area (TPSA) is 97.5 Å². The lowest BCUT2D eigenvalue weighted by Crippen LogP contribution is -2.25. The van der Waals surface area contributed by atoms with Crippen LogP contribution in [0.25, 0.3) is 10.9 Å². The summed E-state index contributed by atoms with van der Waals surface area (Å²) < 4.78 is 10.5. The first-order valence-electron chi connectivity index (χ1n) is 13.7. The summed E-state index contributed by atoms with van der Waals surface area (Å²) in [5.74, 6) is -0.259. The maximum absolute atomic E-state index is 13.2. The number of para-hydroxylation sites is 1. The highest BCUT2D eigenvalue weighted by Crippen LogP contribution is 2.40. The summed E-state index contributed by atoms with van der Waals surface area (Å²) in [6, 6.07) is 10.6. The van der Waals surface area contributed by atoms with Crippen LogP contribution in [0.5, 0.6) is 5.75 Å². The van der Waals surface area contributed by atoms with Crippen molar-refractivity contribution in [1.82, 2.24) is 4.98 Å². The molecule has 0 spiro atoms. The second-order valence-corrected chi connectivity index (χ2v) is 10.9. The molecule has 0 aliphatic carbocycles. The molecule has 2 aromatic carbocycles. The highest BCUT2D eigenvalue weighted by atomic mass is 16.7. The Bertz CT molecular complexity index is 1310. The summed E-state index contributed by atoms with van der Waals surface area (Å²) >= 11 is 0. The van der Waals surface area contributed by atoms with Crippen molar-refractivity contribution in [3.63, 3.8) is 0 Å². The van der Waals surface area contributed by atoms with E-state index in [0.717, 1.165) is 11.1 Å². The molecular formula is C32H46N2O5. The number of H-pyrrole nitrogens is 1. The van der Waals surface area contributed by atoms with E-state index in [4.69, 9.17) is 9.47 Å². The molecule has 7 heteroatoms. The normalized spacial score (nSPS) is 10.9. The summed E-state index contributed by atoms with van der Waals surface area (Å²) in [5, 5.41) is 3.30. The maximum atomic E-state index is 13.2. The summed E-state index contributed by atoms with van der Waals surface area (Å²) in [6.45, 7) is 22.2. The van der Waals surface area contributed by atoms with Gasteiger partial charge in [0.2, 0.25) is 5.43 Å². The molecule has 1 heterocycles. The maximum Gasteiger partial charge on any atom is 0.513 e. The number of amides is 1. The van der Waals surface area contributed by atoms with Crippen molar-refractivity contribution in [3.05, 3.63) is 69.5 Å². The number of carbonyl (C=O) groups is 2. The molecule has 0 radical (unpaired) electrons. The molecule has 7 nitrogen and oxygen atoms in total. The van der Waals surface area contributed by atoms with Crippen LogP contribution in [-0.4, -0.2) is 23.7 Å². The predicted molar refractivity (Wildman–Crippen MR) is 161 cm³/mol. The molecule has 3 rings (SSSR count). The van der Waals surface area contributed by atoms with E-state index < -0.39 is 12.1 Å². The monoisotopic (exact) mass is 538 g/mol. The Balaban J connectivity index is 0.00000142. The molecule has 39 heavy (non-hydrogen) atoms. The van der Waals surface area contributed by atoms with E-state index in [1.165, 1.54) is 12.6 Å². The number of ether oxygens (including phenoxy) is 2. The minimum Gasteiger partial charge on any atom is -0.434 e. The van der Waals surface area contributed by atoms with Crippen molar-refractivity contribution < 1.29 is 19.1 Å². The fraction of sp³-hybridized carbons (Fsp3) is 0.469. The van der Waals surface area contributed by atoms with Crippen LogP contribution in [0.4, 0.5) is 10.5 Å².